The van der Waals surface area contributed by atoms with E-state index in [1.165, 1.54) is 41.7 Å². The van der Waals surface area contributed by atoms with Crippen LogP contribution in [-0.2, 0) is 24.1 Å². The summed E-state index contributed by atoms with van der Waals surface area (Å²) in [5, 5.41) is 12.9. The Morgan fingerprint density at radius 1 is 1.33 bits per heavy atom. The standard InChI is InChI=1S/C16H18N2O2S/c1-10-14(9-15(19)20)18-16(21-10)17-13-7-6-11-4-2-3-5-12(11)8-13/h6-8H,2-5,9H2,1H3,(H,17,18)(H,19,20). The number of hydrogen-bond donors (Lipinski definition) is 2. The van der Waals surface area contributed by atoms with Gasteiger partial charge in [-0.15, -0.1) is 11.3 Å². The first-order chi connectivity index (χ1) is 10.1. The van der Waals surface area contributed by atoms with Crippen LogP contribution in [-0.4, -0.2) is 16.1 Å². The SMILES string of the molecule is Cc1sc(Nc2ccc3c(c2)CCCC3)nc1CC(=O)O. The van der Waals surface area contributed by atoms with Gasteiger partial charge in [-0.25, -0.2) is 4.98 Å². The maximum Gasteiger partial charge on any atom is 0.309 e. The molecule has 0 aliphatic heterocycles. The fourth-order valence-electron chi connectivity index (χ4n) is 2.72. The Kier molecular flexibility index (Phi) is 3.92. The number of hydrogen-bond acceptors (Lipinski definition) is 4. The van der Waals surface area contributed by atoms with Crippen molar-refractivity contribution >= 4 is 28.1 Å². The van der Waals surface area contributed by atoms with E-state index < -0.39 is 5.97 Å². The predicted octanol–water partition coefficient (Wildman–Crippen LogP) is 3.70. The predicted molar refractivity (Wildman–Crippen MR) is 84.6 cm³/mol. The quantitative estimate of drug-likeness (QED) is 0.904. The van der Waals surface area contributed by atoms with E-state index in [1.807, 2.05) is 6.92 Å². The molecule has 1 aromatic carbocycles. The van der Waals surface area contributed by atoms with E-state index in [-0.39, 0.29) is 6.42 Å². The summed E-state index contributed by atoms with van der Waals surface area (Å²) in [7, 11) is 0. The third-order valence-electron chi connectivity index (χ3n) is 3.81. The molecule has 1 aliphatic rings. The Labute approximate surface area is 127 Å². The third kappa shape index (κ3) is 3.24. The Morgan fingerprint density at radius 2 is 2.10 bits per heavy atom. The summed E-state index contributed by atoms with van der Waals surface area (Å²) in [6.07, 6.45) is 4.84. The molecular weight excluding hydrogens is 284 g/mol. The number of aliphatic carboxylic acids is 1. The maximum atomic E-state index is 10.8. The highest BCUT2D eigenvalue weighted by Gasteiger charge is 2.13. The molecule has 0 atom stereocenters. The molecule has 0 saturated carbocycles. The van der Waals surface area contributed by atoms with Crippen LogP contribution in [0.2, 0.25) is 0 Å². The lowest BCUT2D eigenvalue weighted by molar-refractivity contribution is -0.136. The second-order valence-electron chi connectivity index (χ2n) is 5.41. The van der Waals surface area contributed by atoms with Crippen LogP contribution >= 0.6 is 11.3 Å². The number of carbonyl (C=O) groups is 1. The molecule has 2 N–H and O–H groups in total. The highest BCUT2D eigenvalue weighted by molar-refractivity contribution is 7.15. The van der Waals surface area contributed by atoms with Gasteiger partial charge in [-0.2, -0.15) is 0 Å². The molecule has 3 rings (SSSR count). The summed E-state index contributed by atoms with van der Waals surface area (Å²) in [6.45, 7) is 1.91. The van der Waals surface area contributed by atoms with Crippen molar-refractivity contribution < 1.29 is 9.90 Å². The van der Waals surface area contributed by atoms with Gasteiger partial charge in [-0.05, 0) is 55.9 Å². The fraction of sp³-hybridized carbons (Fsp3) is 0.375. The van der Waals surface area contributed by atoms with Gasteiger partial charge < -0.3 is 10.4 Å². The Morgan fingerprint density at radius 3 is 2.86 bits per heavy atom. The second kappa shape index (κ2) is 5.85. The van der Waals surface area contributed by atoms with Crippen molar-refractivity contribution in [3.63, 3.8) is 0 Å². The summed E-state index contributed by atoms with van der Waals surface area (Å²) in [5.41, 5.74) is 4.55. The zero-order valence-electron chi connectivity index (χ0n) is 12.0. The van der Waals surface area contributed by atoms with Crippen LogP contribution in [0.25, 0.3) is 0 Å². The molecule has 0 amide bonds. The van der Waals surface area contributed by atoms with E-state index in [9.17, 15) is 4.79 Å². The van der Waals surface area contributed by atoms with Crippen molar-refractivity contribution in [2.75, 3.05) is 5.32 Å². The monoisotopic (exact) mass is 302 g/mol. The first-order valence-electron chi connectivity index (χ1n) is 7.19. The van der Waals surface area contributed by atoms with E-state index >= 15 is 0 Å². The van der Waals surface area contributed by atoms with Crippen LogP contribution in [0, 0.1) is 6.92 Å². The van der Waals surface area contributed by atoms with Gasteiger partial charge in [0.2, 0.25) is 0 Å². The van der Waals surface area contributed by atoms with Crippen molar-refractivity contribution in [2.24, 2.45) is 0 Å². The summed E-state index contributed by atoms with van der Waals surface area (Å²) < 4.78 is 0. The zero-order valence-corrected chi connectivity index (χ0v) is 12.8. The molecule has 1 aliphatic carbocycles. The highest BCUT2D eigenvalue weighted by atomic mass is 32.1. The number of rotatable bonds is 4. The van der Waals surface area contributed by atoms with E-state index in [0.717, 1.165) is 22.1 Å². The van der Waals surface area contributed by atoms with Crippen LogP contribution in [0.3, 0.4) is 0 Å². The fourth-order valence-corrected chi connectivity index (χ4v) is 3.57. The summed E-state index contributed by atoms with van der Waals surface area (Å²) in [4.78, 5) is 16.1. The average molecular weight is 302 g/mol. The highest BCUT2D eigenvalue weighted by Crippen LogP contribution is 2.29. The average Bonchev–Trinajstić information content (AvgIpc) is 2.78. The normalized spacial score (nSPS) is 13.8. The third-order valence-corrected chi connectivity index (χ3v) is 4.74. The van der Waals surface area contributed by atoms with Crippen LogP contribution in [0.4, 0.5) is 10.8 Å². The van der Waals surface area contributed by atoms with Gasteiger partial charge in [0.05, 0.1) is 12.1 Å². The molecule has 110 valence electrons. The summed E-state index contributed by atoms with van der Waals surface area (Å²) in [5.74, 6) is -0.844. The van der Waals surface area contributed by atoms with Gasteiger partial charge in [0, 0.05) is 10.6 Å². The van der Waals surface area contributed by atoms with Gasteiger partial charge in [0.25, 0.3) is 0 Å². The molecule has 4 nitrogen and oxygen atoms in total. The minimum absolute atomic E-state index is 0.0196. The molecule has 0 saturated heterocycles. The van der Waals surface area contributed by atoms with Gasteiger partial charge in [0.1, 0.15) is 0 Å². The molecule has 5 heteroatoms. The van der Waals surface area contributed by atoms with E-state index in [1.54, 1.807) is 0 Å². The first kappa shape index (κ1) is 14.1. The van der Waals surface area contributed by atoms with Gasteiger partial charge in [0.15, 0.2) is 5.13 Å². The molecule has 0 fully saturated rings. The molecule has 21 heavy (non-hydrogen) atoms. The van der Waals surface area contributed by atoms with Crippen LogP contribution in [0.5, 0.6) is 0 Å². The zero-order chi connectivity index (χ0) is 14.8. The molecule has 0 radical (unpaired) electrons. The Hall–Kier alpha value is -1.88. The van der Waals surface area contributed by atoms with Gasteiger partial charge in [-0.3, -0.25) is 4.79 Å². The number of carboxylic acid groups (broad SMARTS) is 1. The van der Waals surface area contributed by atoms with Crippen molar-refractivity contribution in [1.29, 1.82) is 0 Å². The van der Waals surface area contributed by atoms with Crippen molar-refractivity contribution in [1.82, 2.24) is 4.98 Å². The summed E-state index contributed by atoms with van der Waals surface area (Å²) >= 11 is 1.50. The molecule has 0 bridgehead atoms. The van der Waals surface area contributed by atoms with E-state index in [4.69, 9.17) is 5.11 Å². The number of aromatic nitrogens is 1. The molecule has 1 aromatic heterocycles. The molecule has 2 aromatic rings. The van der Waals surface area contributed by atoms with Crippen LogP contribution in [0.15, 0.2) is 18.2 Å². The number of nitrogens with one attached hydrogen (secondary N) is 1. The molecule has 0 unspecified atom stereocenters. The lowest BCUT2D eigenvalue weighted by Gasteiger charge is -2.16. The Bertz CT molecular complexity index is 679. The van der Waals surface area contributed by atoms with Gasteiger partial charge >= 0.3 is 5.97 Å². The maximum absolute atomic E-state index is 10.8. The van der Waals surface area contributed by atoms with Gasteiger partial charge in [-0.1, -0.05) is 6.07 Å². The number of fused-ring (bicyclic) bond motifs is 1. The molecule has 1 heterocycles. The lowest BCUT2D eigenvalue weighted by Crippen LogP contribution is -2.03. The van der Waals surface area contributed by atoms with Crippen LogP contribution < -0.4 is 5.32 Å². The largest absolute Gasteiger partial charge is 0.481 e. The van der Waals surface area contributed by atoms with E-state index in [2.05, 4.69) is 28.5 Å². The smallest absolute Gasteiger partial charge is 0.309 e. The van der Waals surface area contributed by atoms with E-state index in [0.29, 0.717) is 5.69 Å². The Balaban J connectivity index is 1.78. The number of anilines is 2. The number of carboxylic acids is 1. The number of nitrogens with zero attached hydrogens (tertiary/aromatic N) is 1. The number of aryl methyl sites for hydroxylation is 3. The number of thiazole rings is 1. The number of benzene rings is 1. The molecular formula is C16H18N2O2S. The van der Waals surface area contributed by atoms with Crippen molar-refractivity contribution in [2.45, 2.75) is 39.0 Å². The van der Waals surface area contributed by atoms with Crippen molar-refractivity contribution in [3.8, 4) is 0 Å². The second-order valence-corrected chi connectivity index (χ2v) is 6.61. The lowest BCUT2D eigenvalue weighted by atomic mass is 9.91. The van der Waals surface area contributed by atoms with Crippen LogP contribution in [0.1, 0.15) is 34.5 Å². The van der Waals surface area contributed by atoms with Crippen molar-refractivity contribution in [3.05, 3.63) is 39.9 Å². The molecule has 0 spiro atoms. The minimum Gasteiger partial charge on any atom is -0.481 e. The topological polar surface area (TPSA) is 62.2 Å². The first-order valence-corrected chi connectivity index (χ1v) is 8.00. The minimum atomic E-state index is -0.844. The summed E-state index contributed by atoms with van der Waals surface area (Å²) in [6, 6.07) is 6.47.